The number of pyridine rings is 1. The third-order valence-corrected chi connectivity index (χ3v) is 4.53. The Morgan fingerprint density at radius 2 is 1.89 bits per heavy atom. The van der Waals surface area contributed by atoms with Crippen molar-refractivity contribution < 1.29 is 13.9 Å². The maximum Gasteiger partial charge on any atom is 0.268 e. The minimum absolute atomic E-state index is 0.198. The molecule has 0 spiro atoms. The first-order valence-electron chi connectivity index (χ1n) is 9.37. The highest BCUT2D eigenvalue weighted by Gasteiger charge is 2.14. The fourth-order valence-electron chi connectivity index (χ4n) is 3.01. The molecule has 0 aliphatic carbocycles. The van der Waals surface area contributed by atoms with Crippen LogP contribution in [0.2, 0.25) is 0 Å². The molecule has 3 rings (SSSR count). The number of benzene rings is 1. The third-order valence-electron chi connectivity index (χ3n) is 4.53. The van der Waals surface area contributed by atoms with Gasteiger partial charge in [-0.2, -0.15) is 0 Å². The number of nitrogens with one attached hydrogen (secondary N) is 1. The van der Waals surface area contributed by atoms with Gasteiger partial charge in [-0.05, 0) is 42.8 Å². The number of amides is 1. The van der Waals surface area contributed by atoms with Crippen molar-refractivity contribution in [1.82, 2.24) is 14.8 Å². The molecule has 0 atom stereocenters. The van der Waals surface area contributed by atoms with E-state index < -0.39 is 0 Å². The Bertz CT molecular complexity index is 871. The Balaban J connectivity index is 1.69. The van der Waals surface area contributed by atoms with Crippen LogP contribution >= 0.6 is 0 Å². The highest BCUT2D eigenvalue weighted by molar-refractivity contribution is 6.18. The monoisotopic (exact) mass is 385 g/mol. The first kappa shape index (κ1) is 20.0. The summed E-state index contributed by atoms with van der Waals surface area (Å²) >= 11 is 0. The van der Waals surface area contributed by atoms with Gasteiger partial charge in [-0.3, -0.25) is 19.1 Å². The number of carbonyl (C=O) groups is 1. The molecular weight excluding hydrogens is 361 g/mol. The number of halogens is 1. The van der Waals surface area contributed by atoms with E-state index in [1.165, 1.54) is 22.8 Å². The molecule has 1 amide bonds. The maximum absolute atomic E-state index is 13.2. The number of rotatable bonds is 7. The summed E-state index contributed by atoms with van der Waals surface area (Å²) in [5, 5.41) is 2.88. The maximum atomic E-state index is 13.2. The van der Waals surface area contributed by atoms with Crippen molar-refractivity contribution in [1.29, 1.82) is 0 Å². The molecular formula is C21H24FN3O3. The molecule has 1 aliphatic heterocycles. The van der Waals surface area contributed by atoms with E-state index in [0.717, 1.165) is 39.3 Å². The van der Waals surface area contributed by atoms with Crippen LogP contribution in [-0.4, -0.2) is 54.8 Å². The van der Waals surface area contributed by atoms with Crippen molar-refractivity contribution >= 4 is 17.7 Å². The second-order valence-corrected chi connectivity index (χ2v) is 6.55. The molecule has 28 heavy (non-hydrogen) atoms. The van der Waals surface area contributed by atoms with Gasteiger partial charge in [0.05, 0.1) is 13.2 Å². The molecule has 1 aliphatic rings. The van der Waals surface area contributed by atoms with Crippen molar-refractivity contribution in [3.05, 3.63) is 70.4 Å². The van der Waals surface area contributed by atoms with E-state index in [4.69, 9.17) is 4.74 Å². The molecule has 0 bridgehead atoms. The van der Waals surface area contributed by atoms with E-state index in [2.05, 4.69) is 10.2 Å². The predicted molar refractivity (Wildman–Crippen MR) is 106 cm³/mol. The minimum atomic E-state index is -0.358. The Morgan fingerprint density at radius 3 is 2.61 bits per heavy atom. The SMILES string of the molecule is O=C(NCCCN1CCOCC1)/C(=C\c1ccc(F)cc1)n1ccccc1=O. The fourth-order valence-corrected chi connectivity index (χ4v) is 3.01. The molecule has 148 valence electrons. The number of morpholine rings is 1. The lowest BCUT2D eigenvalue weighted by atomic mass is 10.1. The van der Waals surface area contributed by atoms with Crippen molar-refractivity contribution in [3.63, 3.8) is 0 Å². The van der Waals surface area contributed by atoms with Crippen LogP contribution in [0.15, 0.2) is 53.5 Å². The molecule has 2 heterocycles. The summed E-state index contributed by atoms with van der Waals surface area (Å²) in [4.78, 5) is 27.3. The van der Waals surface area contributed by atoms with Crippen LogP contribution in [0.3, 0.4) is 0 Å². The summed E-state index contributed by atoms with van der Waals surface area (Å²) in [5.41, 5.74) is 0.526. The van der Waals surface area contributed by atoms with Crippen molar-refractivity contribution in [2.75, 3.05) is 39.4 Å². The summed E-state index contributed by atoms with van der Waals surface area (Å²) in [6.07, 6.45) is 3.93. The molecule has 1 aromatic carbocycles. The second-order valence-electron chi connectivity index (χ2n) is 6.55. The molecule has 0 unspecified atom stereocenters. The van der Waals surface area contributed by atoms with E-state index in [1.807, 2.05) is 0 Å². The number of hydrogen-bond donors (Lipinski definition) is 1. The minimum Gasteiger partial charge on any atom is -0.379 e. The zero-order valence-corrected chi connectivity index (χ0v) is 15.6. The third kappa shape index (κ3) is 5.61. The average Bonchev–Trinajstić information content (AvgIpc) is 2.72. The first-order chi connectivity index (χ1) is 13.6. The quantitative estimate of drug-likeness (QED) is 0.583. The number of nitrogens with zero attached hydrogens (tertiary/aromatic N) is 2. The molecule has 6 nitrogen and oxygen atoms in total. The van der Waals surface area contributed by atoms with Crippen LogP contribution in [0.1, 0.15) is 12.0 Å². The number of aromatic nitrogens is 1. The molecule has 7 heteroatoms. The smallest absolute Gasteiger partial charge is 0.268 e. The molecule has 0 saturated carbocycles. The van der Waals surface area contributed by atoms with E-state index in [-0.39, 0.29) is 23.0 Å². The first-order valence-corrected chi connectivity index (χ1v) is 9.37. The summed E-state index contributed by atoms with van der Waals surface area (Å²) in [5.74, 6) is -0.706. The molecule has 1 fully saturated rings. The van der Waals surface area contributed by atoms with Crippen LogP contribution in [-0.2, 0) is 9.53 Å². The van der Waals surface area contributed by atoms with Gasteiger partial charge < -0.3 is 10.1 Å². The van der Waals surface area contributed by atoms with Crippen molar-refractivity contribution in [2.45, 2.75) is 6.42 Å². The van der Waals surface area contributed by atoms with E-state index in [0.29, 0.717) is 12.1 Å². The number of ether oxygens (including phenoxy) is 1. The van der Waals surface area contributed by atoms with Gasteiger partial charge >= 0.3 is 0 Å². The van der Waals surface area contributed by atoms with Gasteiger partial charge in [0.1, 0.15) is 11.5 Å². The highest BCUT2D eigenvalue weighted by atomic mass is 19.1. The summed E-state index contributed by atoms with van der Waals surface area (Å²) < 4.78 is 19.8. The molecule has 1 N–H and O–H groups in total. The van der Waals surface area contributed by atoms with Crippen molar-refractivity contribution in [2.24, 2.45) is 0 Å². The van der Waals surface area contributed by atoms with Crippen LogP contribution in [0.25, 0.3) is 11.8 Å². The lowest BCUT2D eigenvalue weighted by Crippen LogP contribution is -2.38. The standard InChI is InChI=1S/C21H24FN3O3/c22-18-7-5-17(6-8-18)16-19(25-11-2-1-4-20(25)26)21(27)23-9-3-10-24-12-14-28-15-13-24/h1-2,4-8,11,16H,3,9-10,12-15H2,(H,23,27)/b19-16+. The lowest BCUT2D eigenvalue weighted by molar-refractivity contribution is -0.116. The summed E-state index contributed by atoms with van der Waals surface area (Å²) in [7, 11) is 0. The lowest BCUT2D eigenvalue weighted by Gasteiger charge is -2.26. The van der Waals surface area contributed by atoms with Crippen LogP contribution in [0.4, 0.5) is 4.39 Å². The van der Waals surface area contributed by atoms with Gasteiger partial charge in [0, 0.05) is 31.9 Å². The normalized spacial score (nSPS) is 15.4. The van der Waals surface area contributed by atoms with Gasteiger partial charge in [-0.1, -0.05) is 18.2 Å². The van der Waals surface area contributed by atoms with Gasteiger partial charge in [0.2, 0.25) is 0 Å². The van der Waals surface area contributed by atoms with E-state index in [1.54, 1.807) is 36.5 Å². The molecule has 1 aromatic heterocycles. The summed E-state index contributed by atoms with van der Waals surface area (Å²) in [6.45, 7) is 4.68. The largest absolute Gasteiger partial charge is 0.379 e. The Hall–Kier alpha value is -2.77. The zero-order chi connectivity index (χ0) is 19.8. The second kappa shape index (κ2) is 9.96. The van der Waals surface area contributed by atoms with Crippen LogP contribution in [0.5, 0.6) is 0 Å². The van der Waals surface area contributed by atoms with E-state index in [9.17, 15) is 14.0 Å². The van der Waals surface area contributed by atoms with Crippen LogP contribution in [0, 0.1) is 5.82 Å². The Morgan fingerprint density at radius 1 is 1.14 bits per heavy atom. The molecule has 1 saturated heterocycles. The molecule has 0 radical (unpaired) electrons. The van der Waals surface area contributed by atoms with Gasteiger partial charge in [-0.15, -0.1) is 0 Å². The Kier molecular flexibility index (Phi) is 7.11. The van der Waals surface area contributed by atoms with Crippen LogP contribution < -0.4 is 10.9 Å². The summed E-state index contributed by atoms with van der Waals surface area (Å²) in [6, 6.07) is 10.5. The predicted octanol–water partition coefficient (Wildman–Crippen LogP) is 1.82. The fraction of sp³-hybridized carbons (Fsp3) is 0.333. The van der Waals surface area contributed by atoms with Crippen molar-refractivity contribution in [3.8, 4) is 0 Å². The number of carbonyl (C=O) groups excluding carboxylic acids is 1. The number of hydrogen-bond acceptors (Lipinski definition) is 4. The Labute approximate surface area is 163 Å². The average molecular weight is 385 g/mol. The molecule has 2 aromatic rings. The highest BCUT2D eigenvalue weighted by Crippen LogP contribution is 2.11. The van der Waals surface area contributed by atoms with Gasteiger partial charge in [-0.25, -0.2) is 4.39 Å². The van der Waals surface area contributed by atoms with Gasteiger partial charge in [0.25, 0.3) is 11.5 Å². The van der Waals surface area contributed by atoms with Gasteiger partial charge in [0.15, 0.2) is 0 Å². The zero-order valence-electron chi connectivity index (χ0n) is 15.6. The van der Waals surface area contributed by atoms with E-state index >= 15 is 0 Å². The topological polar surface area (TPSA) is 63.6 Å².